The highest BCUT2D eigenvalue weighted by atomic mass is 16.5. The first-order valence-corrected chi connectivity index (χ1v) is 10.7. The van der Waals surface area contributed by atoms with Crippen LogP contribution in [-0.4, -0.2) is 16.9 Å². The van der Waals surface area contributed by atoms with Crippen LogP contribution in [0.3, 0.4) is 0 Å². The van der Waals surface area contributed by atoms with Crippen molar-refractivity contribution in [2.75, 3.05) is 0 Å². The molecule has 1 heterocycles. The van der Waals surface area contributed by atoms with Crippen molar-refractivity contribution in [3.63, 3.8) is 0 Å². The summed E-state index contributed by atoms with van der Waals surface area (Å²) in [5.41, 5.74) is 2.52. The molecular formula is C28H17NO5. The van der Waals surface area contributed by atoms with E-state index in [1.54, 1.807) is 30.3 Å². The lowest BCUT2D eigenvalue weighted by molar-refractivity contribution is 0.0735. The van der Waals surface area contributed by atoms with Crippen LogP contribution in [0.5, 0.6) is 11.5 Å². The first kappa shape index (κ1) is 19.9. The van der Waals surface area contributed by atoms with Crippen molar-refractivity contribution in [2.24, 2.45) is 0 Å². The van der Waals surface area contributed by atoms with Gasteiger partial charge in [0, 0.05) is 16.8 Å². The van der Waals surface area contributed by atoms with Gasteiger partial charge in [-0.15, -0.1) is 0 Å². The van der Waals surface area contributed by atoms with E-state index in [4.69, 9.17) is 14.0 Å². The number of ketones is 1. The zero-order chi connectivity index (χ0) is 23.2. The molecule has 0 bridgehead atoms. The average molecular weight is 447 g/mol. The molecule has 1 aliphatic carbocycles. The fourth-order valence-corrected chi connectivity index (χ4v) is 4.14. The standard InChI is InChI=1S/C28H17NO5/c1-16-11-13-18(14-12-16)32-22-15-21(30)23-24-25(22)29-34-27(24)20-10-6-5-9-19(20)26(23)33-28(31)17-7-3-2-4-8-17/h2-15H,1H3. The Balaban J connectivity index is 1.53. The molecule has 0 atom stereocenters. The highest BCUT2D eigenvalue weighted by Gasteiger charge is 2.33. The second kappa shape index (κ2) is 7.71. The average Bonchev–Trinajstić information content (AvgIpc) is 3.31. The summed E-state index contributed by atoms with van der Waals surface area (Å²) in [6, 6.07) is 23.4. The Morgan fingerprint density at radius 1 is 0.882 bits per heavy atom. The minimum Gasteiger partial charge on any atom is -0.455 e. The molecule has 0 N–H and O–H groups in total. The lowest BCUT2D eigenvalue weighted by atomic mass is 9.92. The van der Waals surface area contributed by atoms with Crippen molar-refractivity contribution in [1.29, 1.82) is 0 Å². The fraction of sp³-hybridized carbons (Fsp3) is 0.0357. The molecule has 0 aliphatic heterocycles. The lowest BCUT2D eigenvalue weighted by Crippen LogP contribution is -2.14. The molecule has 1 aliphatic rings. The van der Waals surface area contributed by atoms with Crippen LogP contribution >= 0.6 is 0 Å². The van der Waals surface area contributed by atoms with Crippen LogP contribution < -0.4 is 9.47 Å². The Morgan fingerprint density at radius 3 is 2.35 bits per heavy atom. The molecule has 6 heteroatoms. The van der Waals surface area contributed by atoms with Crippen LogP contribution in [0, 0.1) is 6.92 Å². The van der Waals surface area contributed by atoms with E-state index in [2.05, 4.69) is 5.16 Å². The van der Waals surface area contributed by atoms with Gasteiger partial charge in [0.25, 0.3) is 0 Å². The number of fused-ring (bicyclic) bond motifs is 2. The summed E-state index contributed by atoms with van der Waals surface area (Å²) in [6.07, 6.45) is 1.36. The van der Waals surface area contributed by atoms with E-state index >= 15 is 0 Å². The molecule has 6 nitrogen and oxygen atoms in total. The van der Waals surface area contributed by atoms with Gasteiger partial charge in [0.15, 0.2) is 28.6 Å². The number of aryl methyl sites for hydroxylation is 1. The zero-order valence-corrected chi connectivity index (χ0v) is 18.1. The minimum absolute atomic E-state index is 0.178. The molecule has 0 saturated heterocycles. The number of benzene rings is 4. The Hall–Kier alpha value is -4.71. The maximum atomic E-state index is 13.4. The van der Waals surface area contributed by atoms with E-state index in [1.807, 2.05) is 55.5 Å². The molecule has 164 valence electrons. The smallest absolute Gasteiger partial charge is 0.343 e. The number of esters is 1. The summed E-state index contributed by atoms with van der Waals surface area (Å²) in [5, 5.41) is 5.95. The molecule has 0 radical (unpaired) electrons. The number of rotatable bonds is 4. The van der Waals surface area contributed by atoms with Crippen LogP contribution in [0.2, 0.25) is 0 Å². The van der Waals surface area contributed by atoms with E-state index < -0.39 is 5.97 Å². The molecule has 6 rings (SSSR count). The van der Waals surface area contributed by atoms with Crippen LogP contribution in [0.25, 0.3) is 27.5 Å². The van der Waals surface area contributed by atoms with Crippen molar-refractivity contribution in [1.82, 2.24) is 5.16 Å². The number of hydrogen-bond acceptors (Lipinski definition) is 6. The molecule has 5 aromatic rings. The normalized spacial score (nSPS) is 12.6. The topological polar surface area (TPSA) is 78.6 Å². The predicted molar refractivity (Wildman–Crippen MR) is 127 cm³/mol. The zero-order valence-electron chi connectivity index (χ0n) is 18.1. The summed E-state index contributed by atoms with van der Waals surface area (Å²) in [7, 11) is 0. The highest BCUT2D eigenvalue weighted by Crippen LogP contribution is 2.44. The minimum atomic E-state index is -0.558. The molecule has 0 amide bonds. The van der Waals surface area contributed by atoms with Crippen LogP contribution in [0.1, 0.15) is 32.0 Å². The van der Waals surface area contributed by atoms with Gasteiger partial charge in [-0.2, -0.15) is 0 Å². The lowest BCUT2D eigenvalue weighted by Gasteiger charge is -2.17. The monoisotopic (exact) mass is 447 g/mol. The molecular weight excluding hydrogens is 430 g/mol. The fourth-order valence-electron chi connectivity index (χ4n) is 4.14. The van der Waals surface area contributed by atoms with Gasteiger partial charge in [-0.1, -0.05) is 65.3 Å². The van der Waals surface area contributed by atoms with E-state index in [0.29, 0.717) is 38.7 Å². The van der Waals surface area contributed by atoms with Crippen molar-refractivity contribution in [3.8, 4) is 11.5 Å². The van der Waals surface area contributed by atoms with Gasteiger partial charge >= 0.3 is 5.97 Å². The van der Waals surface area contributed by atoms with Gasteiger partial charge in [0.1, 0.15) is 5.75 Å². The molecule has 0 saturated carbocycles. The van der Waals surface area contributed by atoms with Crippen molar-refractivity contribution in [2.45, 2.75) is 6.92 Å². The SMILES string of the molecule is Cc1ccc(OC2=CC(=O)c3c(OC(=O)c4ccccc4)c4ccccc4c4onc2c34)cc1. The number of carbonyl (C=O) groups is 2. The molecule has 0 fully saturated rings. The largest absolute Gasteiger partial charge is 0.455 e. The van der Waals surface area contributed by atoms with Gasteiger partial charge in [-0.05, 0) is 31.2 Å². The van der Waals surface area contributed by atoms with Gasteiger partial charge in [0.2, 0.25) is 0 Å². The quantitative estimate of drug-likeness (QED) is 0.244. The van der Waals surface area contributed by atoms with Crippen molar-refractivity contribution in [3.05, 3.63) is 107 Å². The number of ether oxygens (including phenoxy) is 2. The van der Waals surface area contributed by atoms with Gasteiger partial charge in [-0.3, -0.25) is 4.79 Å². The number of carbonyl (C=O) groups excluding carboxylic acids is 2. The summed E-state index contributed by atoms with van der Waals surface area (Å²) in [5.74, 6) is 0.107. The van der Waals surface area contributed by atoms with Crippen molar-refractivity contribution < 1.29 is 23.6 Å². The predicted octanol–water partition coefficient (Wildman–Crippen LogP) is 6.12. The van der Waals surface area contributed by atoms with Crippen LogP contribution in [-0.2, 0) is 0 Å². The number of hydrogen-bond donors (Lipinski definition) is 0. The third kappa shape index (κ3) is 3.16. The van der Waals surface area contributed by atoms with Crippen LogP contribution in [0.15, 0.2) is 89.5 Å². The maximum absolute atomic E-state index is 13.4. The Morgan fingerprint density at radius 2 is 1.59 bits per heavy atom. The molecule has 0 unspecified atom stereocenters. The Labute approximate surface area is 194 Å². The first-order valence-electron chi connectivity index (χ1n) is 10.7. The third-order valence-electron chi connectivity index (χ3n) is 5.78. The molecule has 4 aromatic carbocycles. The van der Waals surface area contributed by atoms with E-state index in [0.717, 1.165) is 5.56 Å². The second-order valence-electron chi connectivity index (χ2n) is 8.03. The third-order valence-corrected chi connectivity index (χ3v) is 5.78. The number of allylic oxidation sites excluding steroid dienone is 1. The molecule has 0 spiro atoms. The second-order valence-corrected chi connectivity index (χ2v) is 8.03. The summed E-state index contributed by atoms with van der Waals surface area (Å²) < 4.78 is 17.5. The Kier molecular flexibility index (Phi) is 4.52. The van der Waals surface area contributed by atoms with Crippen molar-refractivity contribution >= 4 is 39.3 Å². The van der Waals surface area contributed by atoms with Gasteiger partial charge in [-0.25, -0.2) is 4.79 Å². The van der Waals surface area contributed by atoms with Gasteiger partial charge < -0.3 is 14.0 Å². The van der Waals surface area contributed by atoms with E-state index in [-0.39, 0.29) is 22.9 Å². The molecule has 34 heavy (non-hydrogen) atoms. The summed E-state index contributed by atoms with van der Waals surface area (Å²) in [4.78, 5) is 26.3. The van der Waals surface area contributed by atoms with E-state index in [9.17, 15) is 9.59 Å². The van der Waals surface area contributed by atoms with Gasteiger partial charge in [0.05, 0.1) is 16.5 Å². The number of aromatic nitrogens is 1. The number of nitrogens with zero attached hydrogens (tertiary/aromatic N) is 1. The summed E-state index contributed by atoms with van der Waals surface area (Å²) in [6.45, 7) is 1.98. The summed E-state index contributed by atoms with van der Waals surface area (Å²) >= 11 is 0. The van der Waals surface area contributed by atoms with E-state index in [1.165, 1.54) is 6.08 Å². The van der Waals surface area contributed by atoms with Crippen LogP contribution in [0.4, 0.5) is 0 Å². The molecule has 1 aromatic heterocycles. The first-order chi connectivity index (χ1) is 16.6. The maximum Gasteiger partial charge on any atom is 0.343 e. The Bertz CT molecular complexity index is 1630. The highest BCUT2D eigenvalue weighted by molar-refractivity contribution is 6.27.